The molecule has 0 aliphatic carbocycles. The maximum atomic E-state index is 5.86. The summed E-state index contributed by atoms with van der Waals surface area (Å²) in [6, 6.07) is 1.91. The molecule has 1 aliphatic heterocycles. The van der Waals surface area contributed by atoms with Gasteiger partial charge < -0.3 is 15.5 Å². The summed E-state index contributed by atoms with van der Waals surface area (Å²) in [5.41, 5.74) is 6.35. The number of aromatic nitrogens is 2. The summed E-state index contributed by atoms with van der Waals surface area (Å²) in [5, 5.41) is 0.275. The second kappa shape index (κ2) is 4.95. The summed E-state index contributed by atoms with van der Waals surface area (Å²) < 4.78 is 0. The molecule has 0 saturated carbocycles. The standard InChI is InChI=1S/C10H16ClN5/c1-15-2-4-16(5-3-15)9-6-8(7-12)13-10(11)14-9/h6H,2-5,7,12H2,1H3. The van der Waals surface area contributed by atoms with Gasteiger partial charge in [0.25, 0.3) is 0 Å². The molecule has 0 radical (unpaired) electrons. The van der Waals surface area contributed by atoms with Crippen LogP contribution in [0.1, 0.15) is 5.69 Å². The number of anilines is 1. The van der Waals surface area contributed by atoms with Crippen LogP contribution in [-0.2, 0) is 6.54 Å². The Morgan fingerprint density at radius 3 is 2.62 bits per heavy atom. The van der Waals surface area contributed by atoms with Crippen LogP contribution in [0.5, 0.6) is 0 Å². The number of piperazine rings is 1. The molecule has 2 N–H and O–H groups in total. The quantitative estimate of drug-likeness (QED) is 0.757. The highest BCUT2D eigenvalue weighted by molar-refractivity contribution is 6.28. The van der Waals surface area contributed by atoms with Gasteiger partial charge in [-0.2, -0.15) is 0 Å². The van der Waals surface area contributed by atoms with Crippen molar-refractivity contribution in [1.29, 1.82) is 0 Å². The van der Waals surface area contributed by atoms with Crippen molar-refractivity contribution in [3.8, 4) is 0 Å². The SMILES string of the molecule is CN1CCN(c2cc(CN)nc(Cl)n2)CC1. The van der Waals surface area contributed by atoms with Crippen molar-refractivity contribution in [2.24, 2.45) is 5.73 Å². The van der Waals surface area contributed by atoms with Crippen LogP contribution in [0, 0.1) is 0 Å². The summed E-state index contributed by atoms with van der Waals surface area (Å²) in [5.74, 6) is 0.883. The third-order valence-electron chi connectivity index (χ3n) is 2.77. The van der Waals surface area contributed by atoms with Gasteiger partial charge in [-0.25, -0.2) is 9.97 Å². The van der Waals surface area contributed by atoms with Gasteiger partial charge in [0.05, 0.1) is 5.69 Å². The highest BCUT2D eigenvalue weighted by atomic mass is 35.5. The zero-order valence-corrected chi connectivity index (χ0v) is 10.1. The molecular weight excluding hydrogens is 226 g/mol. The predicted molar refractivity (Wildman–Crippen MR) is 64.6 cm³/mol. The Bertz CT molecular complexity index is 362. The molecule has 0 bridgehead atoms. The lowest BCUT2D eigenvalue weighted by molar-refractivity contribution is 0.312. The van der Waals surface area contributed by atoms with E-state index in [0.29, 0.717) is 6.54 Å². The Hall–Kier alpha value is -0.910. The van der Waals surface area contributed by atoms with Gasteiger partial charge in [-0.1, -0.05) is 0 Å². The lowest BCUT2D eigenvalue weighted by Crippen LogP contribution is -2.44. The second-order valence-electron chi connectivity index (χ2n) is 3.98. The van der Waals surface area contributed by atoms with Crippen molar-refractivity contribution >= 4 is 17.4 Å². The minimum Gasteiger partial charge on any atom is -0.354 e. The first-order valence-corrected chi connectivity index (χ1v) is 5.74. The van der Waals surface area contributed by atoms with Crippen molar-refractivity contribution < 1.29 is 0 Å². The normalized spacial score (nSPS) is 17.8. The average Bonchev–Trinajstić information content (AvgIpc) is 2.29. The fraction of sp³-hybridized carbons (Fsp3) is 0.600. The van der Waals surface area contributed by atoms with E-state index in [0.717, 1.165) is 37.7 Å². The van der Waals surface area contributed by atoms with E-state index in [-0.39, 0.29) is 5.28 Å². The zero-order valence-electron chi connectivity index (χ0n) is 9.36. The van der Waals surface area contributed by atoms with Crippen LogP contribution in [0.3, 0.4) is 0 Å². The van der Waals surface area contributed by atoms with E-state index in [1.807, 2.05) is 6.07 Å². The molecule has 1 saturated heterocycles. The first kappa shape index (κ1) is 11.6. The van der Waals surface area contributed by atoms with E-state index >= 15 is 0 Å². The first-order valence-electron chi connectivity index (χ1n) is 5.36. The number of nitrogens with zero attached hydrogens (tertiary/aromatic N) is 4. The molecule has 0 atom stereocenters. The summed E-state index contributed by atoms with van der Waals surface area (Å²) in [6.07, 6.45) is 0. The second-order valence-corrected chi connectivity index (χ2v) is 4.32. The number of rotatable bonds is 2. The van der Waals surface area contributed by atoms with E-state index in [4.69, 9.17) is 17.3 Å². The molecule has 0 amide bonds. The number of nitrogens with two attached hydrogens (primary N) is 1. The summed E-state index contributed by atoms with van der Waals surface area (Å²) in [7, 11) is 2.12. The van der Waals surface area contributed by atoms with Crippen LogP contribution >= 0.6 is 11.6 Å². The van der Waals surface area contributed by atoms with E-state index in [9.17, 15) is 0 Å². The van der Waals surface area contributed by atoms with Gasteiger partial charge in [0.2, 0.25) is 5.28 Å². The summed E-state index contributed by atoms with van der Waals surface area (Å²) in [6.45, 7) is 4.41. The number of likely N-dealkylation sites (N-methyl/N-ethyl adjacent to an activating group) is 1. The number of hydrogen-bond donors (Lipinski definition) is 1. The molecule has 0 unspecified atom stereocenters. The molecule has 1 aromatic heterocycles. The van der Waals surface area contributed by atoms with Crippen LogP contribution in [0.4, 0.5) is 5.82 Å². The maximum absolute atomic E-state index is 5.86. The fourth-order valence-electron chi connectivity index (χ4n) is 1.75. The molecular formula is C10H16ClN5. The molecule has 5 nitrogen and oxygen atoms in total. The van der Waals surface area contributed by atoms with Crippen LogP contribution < -0.4 is 10.6 Å². The Balaban J connectivity index is 2.16. The highest BCUT2D eigenvalue weighted by Crippen LogP contribution is 2.16. The summed E-state index contributed by atoms with van der Waals surface area (Å²) in [4.78, 5) is 12.8. The molecule has 2 heterocycles. The van der Waals surface area contributed by atoms with Gasteiger partial charge >= 0.3 is 0 Å². The monoisotopic (exact) mass is 241 g/mol. The number of halogens is 1. The maximum Gasteiger partial charge on any atom is 0.224 e. The van der Waals surface area contributed by atoms with E-state index in [1.165, 1.54) is 0 Å². The third kappa shape index (κ3) is 2.61. The summed E-state index contributed by atoms with van der Waals surface area (Å²) >= 11 is 5.86. The van der Waals surface area contributed by atoms with Crippen LogP contribution in [0.25, 0.3) is 0 Å². The Labute approximate surface area is 100 Å². The van der Waals surface area contributed by atoms with E-state index < -0.39 is 0 Å². The molecule has 1 fully saturated rings. The largest absolute Gasteiger partial charge is 0.354 e. The highest BCUT2D eigenvalue weighted by Gasteiger charge is 2.16. The van der Waals surface area contributed by atoms with Crippen LogP contribution in [-0.4, -0.2) is 48.1 Å². The number of hydrogen-bond acceptors (Lipinski definition) is 5. The zero-order chi connectivity index (χ0) is 11.5. The molecule has 2 rings (SSSR count). The minimum atomic E-state index is 0.275. The Kier molecular flexibility index (Phi) is 3.58. The molecule has 16 heavy (non-hydrogen) atoms. The molecule has 6 heteroatoms. The average molecular weight is 242 g/mol. The fourth-order valence-corrected chi connectivity index (χ4v) is 1.95. The molecule has 0 spiro atoms. The van der Waals surface area contributed by atoms with Crippen molar-refractivity contribution in [2.45, 2.75) is 6.54 Å². The van der Waals surface area contributed by atoms with Crippen molar-refractivity contribution in [2.75, 3.05) is 38.1 Å². The van der Waals surface area contributed by atoms with Gasteiger partial charge in [0.15, 0.2) is 0 Å². The topological polar surface area (TPSA) is 58.3 Å². The van der Waals surface area contributed by atoms with E-state index in [1.54, 1.807) is 0 Å². The Morgan fingerprint density at radius 2 is 2.00 bits per heavy atom. The van der Waals surface area contributed by atoms with Gasteiger partial charge in [-0.15, -0.1) is 0 Å². The lowest BCUT2D eigenvalue weighted by atomic mass is 10.3. The molecule has 1 aromatic rings. The van der Waals surface area contributed by atoms with Crippen molar-refractivity contribution in [1.82, 2.24) is 14.9 Å². The molecule has 88 valence electrons. The van der Waals surface area contributed by atoms with Crippen molar-refractivity contribution in [3.05, 3.63) is 17.0 Å². The van der Waals surface area contributed by atoms with Gasteiger partial charge in [0, 0.05) is 38.8 Å². The Morgan fingerprint density at radius 1 is 1.31 bits per heavy atom. The van der Waals surface area contributed by atoms with Crippen LogP contribution in [0.2, 0.25) is 5.28 Å². The third-order valence-corrected chi connectivity index (χ3v) is 2.94. The smallest absolute Gasteiger partial charge is 0.224 e. The van der Waals surface area contributed by atoms with Crippen LogP contribution in [0.15, 0.2) is 6.07 Å². The molecule has 0 aromatic carbocycles. The predicted octanol–water partition coefficient (Wildman–Crippen LogP) is 0.340. The van der Waals surface area contributed by atoms with E-state index in [2.05, 4.69) is 26.8 Å². The van der Waals surface area contributed by atoms with Crippen molar-refractivity contribution in [3.63, 3.8) is 0 Å². The minimum absolute atomic E-state index is 0.275. The van der Waals surface area contributed by atoms with Gasteiger partial charge in [0.1, 0.15) is 5.82 Å². The molecule has 1 aliphatic rings. The first-order chi connectivity index (χ1) is 7.69. The lowest BCUT2D eigenvalue weighted by Gasteiger charge is -2.33. The van der Waals surface area contributed by atoms with Gasteiger partial charge in [-0.3, -0.25) is 0 Å². The van der Waals surface area contributed by atoms with Gasteiger partial charge in [-0.05, 0) is 18.6 Å².